The van der Waals surface area contributed by atoms with Gasteiger partial charge in [0.25, 0.3) is 0 Å². The molecule has 2 heterocycles. The summed E-state index contributed by atoms with van der Waals surface area (Å²) < 4.78 is 37.0. The van der Waals surface area contributed by atoms with E-state index < -0.39 is 40.4 Å². The Balaban J connectivity index is 1.73. The number of anilines is 1. The molecule has 0 aliphatic heterocycles. The number of hydrogen-bond acceptors (Lipinski definition) is 11. The van der Waals surface area contributed by atoms with Crippen LogP contribution in [0.3, 0.4) is 0 Å². The van der Waals surface area contributed by atoms with Gasteiger partial charge in [0, 0.05) is 32.5 Å². The number of hydrogen-bond donors (Lipinski definition) is 4. The zero-order chi connectivity index (χ0) is 23.3. The second-order valence-corrected chi connectivity index (χ2v) is 8.54. The molecule has 2 aromatic heterocycles. The van der Waals surface area contributed by atoms with Crippen LogP contribution in [0.4, 0.5) is 5.82 Å². The molecule has 0 aromatic carbocycles. The van der Waals surface area contributed by atoms with Gasteiger partial charge in [0.05, 0.1) is 24.8 Å². The van der Waals surface area contributed by atoms with Gasteiger partial charge in [0.2, 0.25) is 5.78 Å². The monoisotopic (exact) mass is 470 g/mol. The van der Waals surface area contributed by atoms with E-state index in [-0.39, 0.29) is 23.5 Å². The number of carbonyl (C=O) groups is 1. The summed E-state index contributed by atoms with van der Waals surface area (Å²) in [4.78, 5) is 20.9. The van der Waals surface area contributed by atoms with Crippen molar-refractivity contribution >= 4 is 21.9 Å². The van der Waals surface area contributed by atoms with Crippen LogP contribution in [0, 0.1) is 0 Å². The lowest BCUT2D eigenvalue weighted by atomic mass is 10.1. The number of nitrogens with zero attached hydrogens (tertiary/aromatic N) is 4. The van der Waals surface area contributed by atoms with E-state index >= 15 is 0 Å². The zero-order valence-corrected chi connectivity index (χ0v) is 18.4. The van der Waals surface area contributed by atoms with E-state index in [9.17, 15) is 23.4 Å². The van der Waals surface area contributed by atoms with Crippen molar-refractivity contribution < 1.29 is 32.3 Å². The lowest BCUT2D eigenvalue weighted by Crippen LogP contribution is -2.38. The highest BCUT2D eigenvalue weighted by atomic mass is 32.2. The van der Waals surface area contributed by atoms with E-state index in [0.717, 1.165) is 0 Å². The highest BCUT2D eigenvalue weighted by Gasteiger charge is 2.44. The third-order valence-corrected chi connectivity index (χ3v) is 5.95. The van der Waals surface area contributed by atoms with Gasteiger partial charge >= 0.3 is 10.3 Å². The molecule has 0 radical (unpaired) electrons. The number of aromatic nitrogens is 4. The third-order valence-electron chi connectivity index (χ3n) is 4.95. The normalized spacial score (nSPS) is 23.4. The SMILES string of the molecule is CCOCCn1ccc(C(=O)c2cncnc2N[C@@H]2C[C@@H](OS(=O)(=O)NC)[C@H](O)[C@H]2O)n1. The van der Waals surface area contributed by atoms with E-state index in [2.05, 4.69) is 20.4 Å². The van der Waals surface area contributed by atoms with Crippen LogP contribution in [0.25, 0.3) is 0 Å². The second-order valence-electron chi connectivity index (χ2n) is 7.04. The van der Waals surface area contributed by atoms with Crippen molar-refractivity contribution in [3.8, 4) is 0 Å². The van der Waals surface area contributed by atoms with Crippen LogP contribution >= 0.6 is 0 Å². The van der Waals surface area contributed by atoms with Crippen molar-refractivity contribution in [3.05, 3.63) is 36.0 Å². The minimum absolute atomic E-state index is 0.0487. The number of nitrogens with one attached hydrogen (secondary N) is 2. The first-order valence-corrected chi connectivity index (χ1v) is 11.4. The van der Waals surface area contributed by atoms with E-state index in [1.54, 1.807) is 16.9 Å². The minimum atomic E-state index is -4.07. The minimum Gasteiger partial charge on any atom is -0.388 e. The predicted octanol–water partition coefficient (Wildman–Crippen LogP) is -1.30. The average molecular weight is 471 g/mol. The molecule has 4 atom stereocenters. The fraction of sp³-hybridized carbons (Fsp3) is 0.556. The number of ketones is 1. The average Bonchev–Trinajstić information content (AvgIpc) is 3.35. The van der Waals surface area contributed by atoms with Crippen molar-refractivity contribution in [3.63, 3.8) is 0 Å². The molecule has 4 N–H and O–H groups in total. The van der Waals surface area contributed by atoms with Crippen LogP contribution in [-0.2, 0) is 25.8 Å². The van der Waals surface area contributed by atoms with Crippen LogP contribution in [0.5, 0.6) is 0 Å². The lowest BCUT2D eigenvalue weighted by molar-refractivity contribution is -0.00882. The van der Waals surface area contributed by atoms with Crippen LogP contribution in [0.2, 0.25) is 0 Å². The van der Waals surface area contributed by atoms with Gasteiger partial charge in [-0.15, -0.1) is 0 Å². The predicted molar refractivity (Wildman–Crippen MR) is 111 cm³/mol. The third kappa shape index (κ3) is 5.65. The number of carbonyl (C=O) groups excluding carboxylic acids is 1. The largest absolute Gasteiger partial charge is 0.388 e. The second kappa shape index (κ2) is 10.4. The topological polar surface area (TPSA) is 178 Å². The Morgan fingerprint density at radius 1 is 1.34 bits per heavy atom. The quantitative estimate of drug-likeness (QED) is 0.226. The first-order valence-electron chi connectivity index (χ1n) is 9.96. The molecule has 0 amide bonds. The molecule has 14 heteroatoms. The van der Waals surface area contributed by atoms with Crippen molar-refractivity contribution in [1.82, 2.24) is 24.5 Å². The number of ether oxygens (including phenoxy) is 1. The van der Waals surface area contributed by atoms with Crippen LogP contribution in [0.15, 0.2) is 24.8 Å². The first kappa shape index (κ1) is 24.2. The molecule has 2 aromatic rings. The number of rotatable bonds is 11. The summed E-state index contributed by atoms with van der Waals surface area (Å²) in [7, 11) is -2.90. The molecule has 32 heavy (non-hydrogen) atoms. The van der Waals surface area contributed by atoms with Gasteiger partial charge < -0.3 is 20.3 Å². The summed E-state index contributed by atoms with van der Waals surface area (Å²) in [6, 6.07) is 0.735. The number of aliphatic hydroxyl groups is 2. The lowest BCUT2D eigenvalue weighted by Gasteiger charge is -2.19. The maximum Gasteiger partial charge on any atom is 0.335 e. The zero-order valence-electron chi connectivity index (χ0n) is 17.6. The molecule has 1 aliphatic carbocycles. The van der Waals surface area contributed by atoms with Gasteiger partial charge in [-0.25, -0.2) is 9.97 Å². The Labute approximate surface area is 185 Å². The summed E-state index contributed by atoms with van der Waals surface area (Å²) in [6.45, 7) is 3.41. The van der Waals surface area contributed by atoms with Gasteiger partial charge in [-0.1, -0.05) is 0 Å². The van der Waals surface area contributed by atoms with E-state index in [1.807, 2.05) is 11.6 Å². The molecule has 1 saturated carbocycles. The Bertz CT molecular complexity index is 1030. The van der Waals surface area contributed by atoms with Gasteiger partial charge in [0.1, 0.15) is 36.2 Å². The fourth-order valence-corrected chi connectivity index (χ4v) is 3.89. The molecule has 0 unspecified atom stereocenters. The molecule has 0 spiro atoms. The highest BCUT2D eigenvalue weighted by Crippen LogP contribution is 2.28. The molecule has 1 aliphatic rings. The molecule has 176 valence electrons. The smallest absolute Gasteiger partial charge is 0.335 e. The molecule has 0 saturated heterocycles. The summed E-state index contributed by atoms with van der Waals surface area (Å²) in [5.74, 6) is -0.330. The first-order chi connectivity index (χ1) is 15.3. The highest BCUT2D eigenvalue weighted by molar-refractivity contribution is 7.84. The van der Waals surface area contributed by atoms with Crippen molar-refractivity contribution in [2.75, 3.05) is 25.6 Å². The molecule has 3 rings (SSSR count). The standard InChI is InChI=1S/C18H26N6O7S/c1-3-30-7-6-24-5-4-12(23-24)15(25)11-9-20-10-21-18(11)22-13-8-14(17(27)16(13)26)31-32(28,29)19-2/h4-5,9-10,13-14,16-17,19,26-27H,3,6-8H2,1-2H3,(H,20,21,22)/t13-,14-,16+,17+/m1/s1. The van der Waals surface area contributed by atoms with Gasteiger partial charge in [-0.3, -0.25) is 13.7 Å². The van der Waals surface area contributed by atoms with Crippen molar-refractivity contribution in [1.29, 1.82) is 0 Å². The summed E-state index contributed by atoms with van der Waals surface area (Å²) in [5.41, 5.74) is 0.282. The van der Waals surface area contributed by atoms with Crippen LogP contribution in [-0.4, -0.2) is 88.8 Å². The maximum atomic E-state index is 13.0. The van der Waals surface area contributed by atoms with E-state index in [0.29, 0.717) is 19.8 Å². The number of aliphatic hydroxyl groups excluding tert-OH is 2. The van der Waals surface area contributed by atoms with Gasteiger partial charge in [-0.2, -0.15) is 18.2 Å². The van der Waals surface area contributed by atoms with E-state index in [4.69, 9.17) is 8.92 Å². The molecule has 0 bridgehead atoms. The molecular weight excluding hydrogens is 444 g/mol. The van der Waals surface area contributed by atoms with Crippen molar-refractivity contribution in [2.24, 2.45) is 0 Å². The van der Waals surface area contributed by atoms with Crippen molar-refractivity contribution in [2.45, 2.75) is 44.2 Å². The molecular formula is C18H26N6O7S. The molecule has 1 fully saturated rings. The van der Waals surface area contributed by atoms with Crippen LogP contribution in [0.1, 0.15) is 29.4 Å². The Morgan fingerprint density at radius 3 is 2.84 bits per heavy atom. The summed E-state index contributed by atoms with van der Waals surface area (Å²) >= 11 is 0. The van der Waals surface area contributed by atoms with Gasteiger partial charge in [0.15, 0.2) is 0 Å². The summed E-state index contributed by atoms with van der Waals surface area (Å²) in [5, 5.41) is 27.7. The summed E-state index contributed by atoms with van der Waals surface area (Å²) in [6.07, 6.45) is 0.143. The van der Waals surface area contributed by atoms with Gasteiger partial charge in [-0.05, 0) is 13.0 Å². The Morgan fingerprint density at radius 2 is 2.12 bits per heavy atom. The Kier molecular flexibility index (Phi) is 7.86. The van der Waals surface area contributed by atoms with Crippen LogP contribution < -0.4 is 10.0 Å². The fourth-order valence-electron chi connectivity index (χ4n) is 3.27. The molecule has 13 nitrogen and oxygen atoms in total. The van der Waals surface area contributed by atoms with E-state index in [1.165, 1.54) is 19.6 Å². The Hall–Kier alpha value is -2.49. The maximum absolute atomic E-state index is 13.0.